The molecule has 0 unspecified atom stereocenters. The molecule has 0 saturated heterocycles. The van der Waals surface area contributed by atoms with E-state index in [-0.39, 0.29) is 18.6 Å². The Morgan fingerprint density at radius 2 is 2.40 bits per heavy atom. The molecule has 82 valence electrons. The van der Waals surface area contributed by atoms with Crippen molar-refractivity contribution in [1.82, 2.24) is 4.98 Å². The minimum atomic E-state index is -0.171. The van der Waals surface area contributed by atoms with Gasteiger partial charge in [0, 0.05) is 12.4 Å². The maximum Gasteiger partial charge on any atom is 0.250 e. The van der Waals surface area contributed by atoms with Crippen LogP contribution in [0, 0.1) is 0 Å². The third-order valence-corrected chi connectivity index (χ3v) is 2.23. The fourth-order valence-corrected chi connectivity index (χ4v) is 1.25. The first-order chi connectivity index (χ1) is 7.09. The molecule has 4 nitrogen and oxygen atoms in total. The number of carbonyl (C=O) groups excluding carboxylic acids is 1. The molecule has 0 atom stereocenters. The molecule has 0 saturated carbocycles. The number of anilines is 1. The van der Waals surface area contributed by atoms with Crippen LogP contribution in [0.4, 0.5) is 5.69 Å². The van der Waals surface area contributed by atoms with Gasteiger partial charge in [0.05, 0.1) is 16.3 Å². The van der Waals surface area contributed by atoms with Crippen LogP contribution in [0.1, 0.15) is 13.8 Å². The number of carbonyl (C=O) groups is 1. The standard InChI is InChI=1S/C10H13BrN2O2/c1-7(2)15-6-10(14)13-9-3-4-12-5-8(9)11/h3-5,7H,6H2,1-2H3,(H,12,13,14). The van der Waals surface area contributed by atoms with E-state index in [1.807, 2.05) is 13.8 Å². The Bertz CT molecular complexity index is 342. The van der Waals surface area contributed by atoms with Gasteiger partial charge in [-0.25, -0.2) is 0 Å². The van der Waals surface area contributed by atoms with E-state index >= 15 is 0 Å². The van der Waals surface area contributed by atoms with Crippen LogP contribution in [0.25, 0.3) is 0 Å². The van der Waals surface area contributed by atoms with Crippen LogP contribution in [0.5, 0.6) is 0 Å². The largest absolute Gasteiger partial charge is 0.369 e. The maximum atomic E-state index is 11.4. The number of nitrogens with one attached hydrogen (secondary N) is 1. The first kappa shape index (κ1) is 12.1. The van der Waals surface area contributed by atoms with Gasteiger partial charge < -0.3 is 10.1 Å². The highest BCUT2D eigenvalue weighted by Crippen LogP contribution is 2.19. The predicted molar refractivity (Wildman–Crippen MR) is 61.7 cm³/mol. The second kappa shape index (κ2) is 5.82. The Morgan fingerprint density at radius 1 is 1.67 bits per heavy atom. The summed E-state index contributed by atoms with van der Waals surface area (Å²) in [6.45, 7) is 3.83. The molecule has 0 fully saturated rings. The van der Waals surface area contributed by atoms with Crippen molar-refractivity contribution in [2.45, 2.75) is 20.0 Å². The van der Waals surface area contributed by atoms with Crippen molar-refractivity contribution in [2.75, 3.05) is 11.9 Å². The highest BCUT2D eigenvalue weighted by atomic mass is 79.9. The summed E-state index contributed by atoms with van der Waals surface area (Å²) in [5.41, 5.74) is 0.697. The zero-order chi connectivity index (χ0) is 11.3. The second-order valence-electron chi connectivity index (χ2n) is 3.26. The highest BCUT2D eigenvalue weighted by Gasteiger charge is 2.06. The van der Waals surface area contributed by atoms with E-state index < -0.39 is 0 Å². The van der Waals surface area contributed by atoms with Crippen molar-refractivity contribution in [3.63, 3.8) is 0 Å². The van der Waals surface area contributed by atoms with Gasteiger partial charge >= 0.3 is 0 Å². The Hall–Kier alpha value is -0.940. The number of pyridine rings is 1. The summed E-state index contributed by atoms with van der Waals surface area (Å²) in [7, 11) is 0. The SMILES string of the molecule is CC(C)OCC(=O)Nc1ccncc1Br. The molecule has 0 aliphatic carbocycles. The van der Waals surface area contributed by atoms with Crippen LogP contribution in [0.2, 0.25) is 0 Å². The van der Waals surface area contributed by atoms with E-state index in [2.05, 4.69) is 26.2 Å². The van der Waals surface area contributed by atoms with E-state index in [1.165, 1.54) is 0 Å². The van der Waals surface area contributed by atoms with Gasteiger partial charge in [0.15, 0.2) is 0 Å². The molecule has 5 heteroatoms. The minimum absolute atomic E-state index is 0.0524. The van der Waals surface area contributed by atoms with E-state index in [4.69, 9.17) is 4.74 Å². The number of nitrogens with zero attached hydrogens (tertiary/aromatic N) is 1. The molecule has 0 spiro atoms. The number of ether oxygens (including phenoxy) is 1. The van der Waals surface area contributed by atoms with Crippen LogP contribution in [-0.4, -0.2) is 23.6 Å². The monoisotopic (exact) mass is 272 g/mol. The lowest BCUT2D eigenvalue weighted by atomic mass is 10.4. The van der Waals surface area contributed by atoms with Crippen LogP contribution >= 0.6 is 15.9 Å². The summed E-state index contributed by atoms with van der Waals surface area (Å²) in [6.07, 6.45) is 3.29. The molecule has 1 aromatic heterocycles. The fourth-order valence-electron chi connectivity index (χ4n) is 0.905. The van der Waals surface area contributed by atoms with Gasteiger partial charge in [0.1, 0.15) is 6.61 Å². The maximum absolute atomic E-state index is 11.4. The smallest absolute Gasteiger partial charge is 0.250 e. The first-order valence-corrected chi connectivity index (χ1v) is 5.40. The van der Waals surface area contributed by atoms with Crippen molar-refractivity contribution in [3.8, 4) is 0 Å². The summed E-state index contributed by atoms with van der Waals surface area (Å²) >= 11 is 3.29. The van der Waals surface area contributed by atoms with E-state index in [1.54, 1.807) is 18.5 Å². The molecular weight excluding hydrogens is 260 g/mol. The van der Waals surface area contributed by atoms with Gasteiger partial charge in [0.25, 0.3) is 0 Å². The fraction of sp³-hybridized carbons (Fsp3) is 0.400. The Labute approximate surface area is 97.2 Å². The number of halogens is 1. The lowest BCUT2D eigenvalue weighted by Crippen LogP contribution is -2.20. The van der Waals surface area contributed by atoms with Crippen molar-refractivity contribution in [1.29, 1.82) is 0 Å². The Kier molecular flexibility index (Phi) is 4.71. The third kappa shape index (κ3) is 4.40. The van der Waals surface area contributed by atoms with Crippen molar-refractivity contribution >= 4 is 27.5 Å². The molecule has 1 rings (SSSR count). The normalized spacial score (nSPS) is 10.4. The van der Waals surface area contributed by atoms with Crippen molar-refractivity contribution in [2.24, 2.45) is 0 Å². The first-order valence-electron chi connectivity index (χ1n) is 4.60. The quantitative estimate of drug-likeness (QED) is 0.915. The topological polar surface area (TPSA) is 51.2 Å². The Morgan fingerprint density at radius 3 is 3.00 bits per heavy atom. The molecule has 1 heterocycles. The number of hydrogen-bond donors (Lipinski definition) is 1. The summed E-state index contributed by atoms with van der Waals surface area (Å²) in [5.74, 6) is -0.171. The zero-order valence-corrected chi connectivity index (χ0v) is 10.2. The van der Waals surface area contributed by atoms with Gasteiger partial charge in [-0.2, -0.15) is 0 Å². The minimum Gasteiger partial charge on any atom is -0.369 e. The van der Waals surface area contributed by atoms with Crippen molar-refractivity contribution < 1.29 is 9.53 Å². The van der Waals surface area contributed by atoms with E-state index in [0.29, 0.717) is 5.69 Å². The summed E-state index contributed by atoms with van der Waals surface area (Å²) in [6, 6.07) is 1.72. The van der Waals surface area contributed by atoms with Crippen LogP contribution in [-0.2, 0) is 9.53 Å². The van der Waals surface area contributed by atoms with Gasteiger partial charge in [-0.15, -0.1) is 0 Å². The molecular formula is C10H13BrN2O2. The molecule has 0 aliphatic rings. The van der Waals surface area contributed by atoms with Crippen LogP contribution in [0.15, 0.2) is 22.9 Å². The summed E-state index contributed by atoms with van der Waals surface area (Å²) in [5, 5.41) is 2.71. The van der Waals surface area contributed by atoms with E-state index in [9.17, 15) is 4.79 Å². The van der Waals surface area contributed by atoms with Gasteiger partial charge in [-0.1, -0.05) is 0 Å². The predicted octanol–water partition coefficient (Wildman–Crippen LogP) is 2.21. The lowest BCUT2D eigenvalue weighted by Gasteiger charge is -2.09. The van der Waals surface area contributed by atoms with Crippen LogP contribution < -0.4 is 5.32 Å². The molecule has 1 amide bonds. The molecule has 0 bridgehead atoms. The molecule has 0 radical (unpaired) electrons. The number of rotatable bonds is 4. The molecule has 1 aromatic rings. The second-order valence-corrected chi connectivity index (χ2v) is 4.12. The Balaban J connectivity index is 2.48. The average Bonchev–Trinajstić information content (AvgIpc) is 2.18. The van der Waals surface area contributed by atoms with E-state index in [0.717, 1.165) is 4.47 Å². The van der Waals surface area contributed by atoms with Gasteiger partial charge in [-0.3, -0.25) is 9.78 Å². The summed E-state index contributed by atoms with van der Waals surface area (Å²) in [4.78, 5) is 15.3. The molecule has 0 aromatic carbocycles. The third-order valence-electron chi connectivity index (χ3n) is 1.59. The zero-order valence-electron chi connectivity index (χ0n) is 8.66. The van der Waals surface area contributed by atoms with Crippen LogP contribution in [0.3, 0.4) is 0 Å². The van der Waals surface area contributed by atoms with Gasteiger partial charge in [0.2, 0.25) is 5.91 Å². The van der Waals surface area contributed by atoms with Gasteiger partial charge in [-0.05, 0) is 35.8 Å². The molecule has 1 N–H and O–H groups in total. The lowest BCUT2D eigenvalue weighted by molar-refractivity contribution is -0.121. The average molecular weight is 273 g/mol. The number of amides is 1. The number of hydrogen-bond acceptors (Lipinski definition) is 3. The summed E-state index contributed by atoms with van der Waals surface area (Å²) < 4.78 is 5.93. The molecule has 0 aliphatic heterocycles. The molecule has 15 heavy (non-hydrogen) atoms. The number of aromatic nitrogens is 1. The van der Waals surface area contributed by atoms with Crippen molar-refractivity contribution in [3.05, 3.63) is 22.9 Å². The highest BCUT2D eigenvalue weighted by molar-refractivity contribution is 9.10.